The molecular formula is C24H30N2O6S. The van der Waals surface area contributed by atoms with Gasteiger partial charge in [-0.25, -0.2) is 13.2 Å². The minimum Gasteiger partial charge on any atom is -0.449 e. The van der Waals surface area contributed by atoms with E-state index in [0.29, 0.717) is 24.5 Å². The number of esters is 1. The number of hydrogen-bond donors (Lipinski definition) is 1. The molecule has 0 radical (unpaired) electrons. The van der Waals surface area contributed by atoms with Crippen LogP contribution >= 0.6 is 0 Å². The number of carbonyl (C=O) groups is 2. The highest BCUT2D eigenvalue weighted by molar-refractivity contribution is 7.89. The maximum Gasteiger partial charge on any atom is 0.338 e. The van der Waals surface area contributed by atoms with Gasteiger partial charge >= 0.3 is 5.97 Å². The van der Waals surface area contributed by atoms with Crippen molar-refractivity contribution < 1.29 is 27.5 Å². The highest BCUT2D eigenvalue weighted by Gasteiger charge is 2.29. The lowest BCUT2D eigenvalue weighted by Gasteiger charge is -2.26. The van der Waals surface area contributed by atoms with Crippen molar-refractivity contribution in [2.24, 2.45) is 0 Å². The smallest absolute Gasteiger partial charge is 0.338 e. The molecule has 1 atom stereocenters. The van der Waals surface area contributed by atoms with Crippen LogP contribution in [0, 0.1) is 27.7 Å². The molecule has 1 fully saturated rings. The predicted molar refractivity (Wildman–Crippen MR) is 125 cm³/mol. The average Bonchev–Trinajstić information content (AvgIpc) is 2.76. The molecule has 0 aromatic heterocycles. The third kappa shape index (κ3) is 5.61. The zero-order chi connectivity index (χ0) is 24.3. The first-order valence-electron chi connectivity index (χ1n) is 10.8. The Morgan fingerprint density at radius 2 is 1.61 bits per heavy atom. The van der Waals surface area contributed by atoms with Crippen molar-refractivity contribution >= 4 is 27.6 Å². The van der Waals surface area contributed by atoms with Crippen molar-refractivity contribution in [3.05, 3.63) is 58.1 Å². The summed E-state index contributed by atoms with van der Waals surface area (Å²) in [7, 11) is -3.78. The molecule has 33 heavy (non-hydrogen) atoms. The minimum atomic E-state index is -3.78. The maximum absolute atomic E-state index is 13.1. The summed E-state index contributed by atoms with van der Waals surface area (Å²) < 4.78 is 38.0. The molecule has 1 aliphatic heterocycles. The fraction of sp³-hybridized carbons (Fsp3) is 0.417. The van der Waals surface area contributed by atoms with Gasteiger partial charge in [-0.05, 0) is 63.4 Å². The summed E-state index contributed by atoms with van der Waals surface area (Å²) in [4.78, 5) is 25.4. The van der Waals surface area contributed by atoms with Gasteiger partial charge in [0.25, 0.3) is 5.91 Å². The second-order valence-electron chi connectivity index (χ2n) is 8.31. The van der Waals surface area contributed by atoms with Crippen LogP contribution < -0.4 is 5.32 Å². The first-order chi connectivity index (χ1) is 15.5. The molecule has 1 N–H and O–H groups in total. The number of rotatable bonds is 6. The number of ether oxygens (including phenoxy) is 2. The Balaban J connectivity index is 1.75. The second-order valence-corrected chi connectivity index (χ2v) is 10.2. The molecule has 2 aromatic rings. The Kier molecular flexibility index (Phi) is 7.56. The van der Waals surface area contributed by atoms with Gasteiger partial charge in [0.1, 0.15) is 0 Å². The van der Waals surface area contributed by atoms with Crippen molar-refractivity contribution in [3.63, 3.8) is 0 Å². The maximum atomic E-state index is 13.1. The Labute approximate surface area is 194 Å². The third-order valence-electron chi connectivity index (χ3n) is 5.59. The van der Waals surface area contributed by atoms with Crippen LogP contribution in [0.15, 0.2) is 35.2 Å². The van der Waals surface area contributed by atoms with E-state index in [-0.39, 0.29) is 23.5 Å². The summed E-state index contributed by atoms with van der Waals surface area (Å²) in [5.74, 6) is -1.24. The van der Waals surface area contributed by atoms with Gasteiger partial charge in [-0.15, -0.1) is 0 Å². The summed E-state index contributed by atoms with van der Waals surface area (Å²) >= 11 is 0. The normalized spacial score (nSPS) is 15.7. The molecule has 1 saturated heterocycles. The van der Waals surface area contributed by atoms with Gasteiger partial charge in [0.05, 0.1) is 23.7 Å². The summed E-state index contributed by atoms with van der Waals surface area (Å²) in [5, 5.41) is 2.82. The van der Waals surface area contributed by atoms with Gasteiger partial charge in [0, 0.05) is 18.8 Å². The van der Waals surface area contributed by atoms with Crippen LogP contribution in [0.4, 0.5) is 5.69 Å². The number of hydrogen-bond acceptors (Lipinski definition) is 6. The van der Waals surface area contributed by atoms with Gasteiger partial charge in [-0.3, -0.25) is 4.79 Å². The molecule has 0 unspecified atom stereocenters. The van der Waals surface area contributed by atoms with Gasteiger partial charge in [0.15, 0.2) is 6.10 Å². The lowest BCUT2D eigenvalue weighted by molar-refractivity contribution is -0.123. The Morgan fingerprint density at radius 1 is 1.00 bits per heavy atom. The molecule has 0 spiro atoms. The van der Waals surface area contributed by atoms with Gasteiger partial charge in [-0.2, -0.15) is 4.31 Å². The van der Waals surface area contributed by atoms with E-state index in [0.717, 1.165) is 16.7 Å². The van der Waals surface area contributed by atoms with E-state index in [1.807, 2.05) is 32.9 Å². The van der Waals surface area contributed by atoms with Crippen LogP contribution in [0.5, 0.6) is 0 Å². The third-order valence-corrected chi connectivity index (χ3v) is 7.63. The summed E-state index contributed by atoms with van der Waals surface area (Å²) in [6.07, 6.45) is -1.07. The van der Waals surface area contributed by atoms with E-state index < -0.39 is 28.0 Å². The van der Waals surface area contributed by atoms with Gasteiger partial charge in [0.2, 0.25) is 10.0 Å². The number of benzene rings is 2. The molecule has 1 amide bonds. The standard InChI is InChI=1S/C24H30N2O6S/c1-15-12-17(3)22(18(4)13-15)25-23(27)19(5)32-24(28)20-7-6-16(2)21(14-20)33(29,30)26-8-10-31-11-9-26/h6-7,12-14,19H,8-11H2,1-5H3,(H,25,27)/t19-/m0/s1. The molecule has 1 aliphatic rings. The van der Waals surface area contributed by atoms with E-state index in [4.69, 9.17) is 9.47 Å². The van der Waals surface area contributed by atoms with Crippen molar-refractivity contribution in [2.45, 2.75) is 45.6 Å². The van der Waals surface area contributed by atoms with Crippen molar-refractivity contribution in [1.29, 1.82) is 0 Å². The Hall–Kier alpha value is -2.75. The van der Waals surface area contributed by atoms with E-state index in [2.05, 4.69) is 5.32 Å². The number of aryl methyl sites for hydroxylation is 4. The minimum absolute atomic E-state index is 0.0434. The number of sulfonamides is 1. The molecule has 0 saturated carbocycles. The van der Waals surface area contributed by atoms with Crippen LogP contribution in [-0.2, 0) is 24.3 Å². The molecule has 2 aromatic carbocycles. The Morgan fingerprint density at radius 3 is 2.21 bits per heavy atom. The van der Waals surface area contributed by atoms with Gasteiger partial charge in [-0.1, -0.05) is 23.8 Å². The highest BCUT2D eigenvalue weighted by Crippen LogP contribution is 2.24. The molecule has 3 rings (SSSR count). The quantitative estimate of drug-likeness (QED) is 0.646. The van der Waals surface area contributed by atoms with Crippen molar-refractivity contribution in [1.82, 2.24) is 4.31 Å². The van der Waals surface area contributed by atoms with E-state index in [1.54, 1.807) is 13.0 Å². The molecule has 1 heterocycles. The van der Waals surface area contributed by atoms with Crippen molar-refractivity contribution in [3.8, 4) is 0 Å². The van der Waals surface area contributed by atoms with Crippen LogP contribution in [0.25, 0.3) is 0 Å². The topological polar surface area (TPSA) is 102 Å². The zero-order valence-electron chi connectivity index (χ0n) is 19.6. The molecule has 178 valence electrons. The lowest BCUT2D eigenvalue weighted by atomic mass is 10.0. The summed E-state index contributed by atoms with van der Waals surface area (Å²) in [6, 6.07) is 8.29. The van der Waals surface area contributed by atoms with Crippen molar-refractivity contribution in [2.75, 3.05) is 31.6 Å². The van der Waals surface area contributed by atoms with E-state index in [1.165, 1.54) is 23.4 Å². The molecule has 0 bridgehead atoms. The fourth-order valence-electron chi connectivity index (χ4n) is 3.82. The lowest BCUT2D eigenvalue weighted by Crippen LogP contribution is -2.40. The van der Waals surface area contributed by atoms with Crippen LogP contribution in [0.3, 0.4) is 0 Å². The van der Waals surface area contributed by atoms with Crippen LogP contribution in [0.1, 0.15) is 39.5 Å². The van der Waals surface area contributed by atoms with Crippen LogP contribution in [0.2, 0.25) is 0 Å². The van der Waals surface area contributed by atoms with Gasteiger partial charge < -0.3 is 14.8 Å². The predicted octanol–water partition coefficient (Wildman–Crippen LogP) is 3.13. The molecule has 8 nitrogen and oxygen atoms in total. The highest BCUT2D eigenvalue weighted by atomic mass is 32.2. The monoisotopic (exact) mass is 474 g/mol. The summed E-state index contributed by atoms with van der Waals surface area (Å²) in [5.41, 5.74) is 4.18. The fourth-order valence-corrected chi connectivity index (χ4v) is 5.47. The van der Waals surface area contributed by atoms with E-state index >= 15 is 0 Å². The zero-order valence-corrected chi connectivity index (χ0v) is 20.4. The second kappa shape index (κ2) is 10.0. The molecule has 9 heteroatoms. The number of nitrogens with zero attached hydrogens (tertiary/aromatic N) is 1. The van der Waals surface area contributed by atoms with Crippen LogP contribution in [-0.4, -0.2) is 57.0 Å². The number of nitrogens with one attached hydrogen (secondary N) is 1. The van der Waals surface area contributed by atoms with E-state index in [9.17, 15) is 18.0 Å². The number of morpholine rings is 1. The SMILES string of the molecule is Cc1cc(C)c(NC(=O)[C@H](C)OC(=O)c2ccc(C)c(S(=O)(=O)N3CCOCC3)c2)c(C)c1. The summed E-state index contributed by atoms with van der Waals surface area (Å²) in [6.45, 7) is 10.1. The molecular weight excluding hydrogens is 444 g/mol. The average molecular weight is 475 g/mol. The number of carbonyl (C=O) groups excluding carboxylic acids is 2. The number of anilines is 1. The Bertz CT molecular complexity index is 1150. The first-order valence-corrected chi connectivity index (χ1v) is 12.2. The number of amides is 1. The largest absolute Gasteiger partial charge is 0.449 e. The molecule has 0 aliphatic carbocycles. The first kappa shape index (κ1) is 24.9.